The Kier molecular flexibility index (Phi) is 10.6. The Bertz CT molecular complexity index is 705. The Morgan fingerprint density at radius 2 is 0.870 bits per heavy atom. The van der Waals surface area contributed by atoms with E-state index in [2.05, 4.69) is 0 Å². The van der Waals surface area contributed by atoms with Crippen LogP contribution in [0.4, 0.5) is 0 Å². The molecule has 0 radical (unpaired) electrons. The van der Waals surface area contributed by atoms with Crippen molar-refractivity contribution in [2.45, 2.75) is 11.5 Å². The summed E-state index contributed by atoms with van der Waals surface area (Å²) in [7, 11) is -8.25. The molecule has 0 saturated carbocycles. The van der Waals surface area contributed by atoms with E-state index in [4.69, 9.17) is 0 Å². The number of hydrogen-bond donors (Lipinski definition) is 0. The second-order valence-electron chi connectivity index (χ2n) is 4.38. The van der Waals surface area contributed by atoms with Crippen molar-refractivity contribution >= 4 is 69.1 Å². The Labute approximate surface area is 176 Å². The number of rotatable bonds is 4. The molecule has 0 saturated heterocycles. The molecule has 120 valence electrons. The van der Waals surface area contributed by atoms with Crippen molar-refractivity contribution in [1.82, 2.24) is 0 Å². The van der Waals surface area contributed by atoms with Gasteiger partial charge in [0, 0.05) is 0 Å². The average Bonchev–Trinajstić information content (AvgIpc) is 2.38. The van der Waals surface area contributed by atoms with Crippen molar-refractivity contribution in [1.29, 1.82) is 0 Å². The average molecular weight is 480 g/mol. The van der Waals surface area contributed by atoms with Gasteiger partial charge in [0.25, 0.3) is 0 Å². The van der Waals surface area contributed by atoms with Gasteiger partial charge in [-0.15, -0.1) is 0 Å². The van der Waals surface area contributed by atoms with Crippen LogP contribution in [0.2, 0.25) is 0 Å². The van der Waals surface area contributed by atoms with E-state index >= 15 is 0 Å². The molecule has 2 aromatic carbocycles. The normalized spacial score (nSPS) is 10.9. The first-order chi connectivity index (χ1) is 10.2. The van der Waals surface area contributed by atoms with Gasteiger partial charge in [0.1, 0.15) is 0 Å². The zero-order chi connectivity index (χ0) is 16.6. The van der Waals surface area contributed by atoms with Crippen LogP contribution in [0, 0.1) is 0 Å². The van der Waals surface area contributed by atoms with Crippen molar-refractivity contribution < 1.29 is 25.9 Å². The molecular weight excluding hydrogens is 466 g/mol. The molecule has 0 aliphatic carbocycles. The molecule has 0 bridgehead atoms. The van der Waals surface area contributed by atoms with Crippen LogP contribution < -0.4 is 0 Å². The van der Waals surface area contributed by atoms with Crippen molar-refractivity contribution in [3.8, 4) is 0 Å². The molecule has 6 nitrogen and oxygen atoms in total. The van der Waals surface area contributed by atoms with Gasteiger partial charge < -0.3 is 9.11 Å². The van der Waals surface area contributed by atoms with Crippen LogP contribution in [-0.4, -0.2) is 74.8 Å². The first-order valence-corrected chi connectivity index (χ1v) is 9.26. The Morgan fingerprint density at radius 1 is 0.609 bits per heavy atom. The fraction of sp³-hybridized carbons (Fsp3) is 0.143. The van der Waals surface area contributed by atoms with Gasteiger partial charge in [-0.3, -0.25) is 0 Å². The van der Waals surface area contributed by atoms with Gasteiger partial charge in [-0.1, -0.05) is 60.7 Å². The fourth-order valence-electron chi connectivity index (χ4n) is 1.56. The molecule has 0 atom stereocenters. The van der Waals surface area contributed by atoms with Gasteiger partial charge >= 0.3 is 48.9 Å². The van der Waals surface area contributed by atoms with E-state index in [1.54, 1.807) is 60.7 Å². The van der Waals surface area contributed by atoms with E-state index < -0.39 is 31.7 Å². The molecule has 0 aromatic heterocycles. The fourth-order valence-corrected chi connectivity index (χ4v) is 2.76. The van der Waals surface area contributed by atoms with Gasteiger partial charge in [0.15, 0.2) is 0 Å². The maximum atomic E-state index is 10.2. The van der Waals surface area contributed by atoms with Crippen LogP contribution in [0.5, 0.6) is 0 Å². The predicted octanol–water partition coefficient (Wildman–Crippen LogP) is 1.08. The summed E-state index contributed by atoms with van der Waals surface area (Å²) in [5.41, 5.74) is 1.06. The van der Waals surface area contributed by atoms with Crippen LogP contribution in [0.15, 0.2) is 60.7 Å². The van der Waals surface area contributed by atoms with Crippen LogP contribution >= 0.6 is 0 Å². The van der Waals surface area contributed by atoms with E-state index in [-0.39, 0.29) is 48.9 Å². The Hall–Kier alpha value is -0.169. The quantitative estimate of drug-likeness (QED) is 0.479. The smallest absolute Gasteiger partial charge is 0.748 e. The van der Waals surface area contributed by atoms with E-state index in [0.717, 1.165) is 0 Å². The minimum Gasteiger partial charge on any atom is -0.748 e. The van der Waals surface area contributed by atoms with Crippen LogP contribution in [-0.2, 0) is 31.7 Å². The molecule has 0 fully saturated rings. The predicted molar refractivity (Wildman–Crippen MR) is 85.4 cm³/mol. The number of hydrogen-bond acceptors (Lipinski definition) is 6. The third-order valence-corrected chi connectivity index (χ3v) is 3.75. The zero-order valence-corrected chi connectivity index (χ0v) is 18.2. The van der Waals surface area contributed by atoms with Crippen LogP contribution in [0.1, 0.15) is 11.1 Å². The molecule has 0 aliphatic rings. The molecule has 23 heavy (non-hydrogen) atoms. The first-order valence-electron chi connectivity index (χ1n) is 6.11. The summed E-state index contributed by atoms with van der Waals surface area (Å²) in [5, 5.41) is 0. The summed E-state index contributed by atoms with van der Waals surface area (Å²) >= 11 is 0. The van der Waals surface area contributed by atoms with E-state index in [9.17, 15) is 25.9 Å². The molecule has 0 unspecified atom stereocenters. The molecule has 0 spiro atoms. The summed E-state index contributed by atoms with van der Waals surface area (Å²) in [5.74, 6) is -0.846. The van der Waals surface area contributed by atoms with Gasteiger partial charge in [0.2, 0.25) is 0 Å². The summed E-state index contributed by atoms with van der Waals surface area (Å²) in [6.07, 6.45) is 0. The Balaban J connectivity index is 0.000000403. The zero-order valence-electron chi connectivity index (χ0n) is 12.2. The third kappa shape index (κ3) is 12.9. The summed E-state index contributed by atoms with van der Waals surface area (Å²) < 4.78 is 61.5. The SMILES string of the molecule is O=S(=O)([O-])Cc1ccccc1.O=S(=O)([O-])Cc1ccccc1.[Ba+2]. The molecule has 9 heteroatoms. The van der Waals surface area contributed by atoms with E-state index in [1.807, 2.05) is 0 Å². The van der Waals surface area contributed by atoms with Crippen LogP contribution in [0.3, 0.4) is 0 Å². The topological polar surface area (TPSA) is 114 Å². The molecule has 2 aromatic rings. The van der Waals surface area contributed by atoms with Crippen molar-refractivity contribution in [3.63, 3.8) is 0 Å². The van der Waals surface area contributed by atoms with Gasteiger partial charge in [-0.25, -0.2) is 16.8 Å². The van der Waals surface area contributed by atoms with Gasteiger partial charge in [-0.05, 0) is 11.1 Å². The molecule has 0 N–H and O–H groups in total. The first kappa shape index (κ1) is 22.8. The minimum absolute atomic E-state index is 0. The maximum Gasteiger partial charge on any atom is 2.00 e. The van der Waals surface area contributed by atoms with Gasteiger partial charge in [0.05, 0.1) is 31.7 Å². The van der Waals surface area contributed by atoms with E-state index in [0.29, 0.717) is 11.1 Å². The molecular formula is C14H14BaO6S2. The molecule has 2 rings (SSSR count). The van der Waals surface area contributed by atoms with Crippen molar-refractivity contribution in [2.24, 2.45) is 0 Å². The second-order valence-corrected chi connectivity index (χ2v) is 7.18. The summed E-state index contributed by atoms with van der Waals surface area (Å²) in [6.45, 7) is 0. The molecule has 0 amide bonds. The molecule has 0 heterocycles. The maximum absolute atomic E-state index is 10.2. The van der Waals surface area contributed by atoms with Gasteiger partial charge in [-0.2, -0.15) is 0 Å². The summed E-state index contributed by atoms with van der Waals surface area (Å²) in [4.78, 5) is 0. The Morgan fingerprint density at radius 3 is 1.09 bits per heavy atom. The van der Waals surface area contributed by atoms with Crippen molar-refractivity contribution in [3.05, 3.63) is 71.8 Å². The van der Waals surface area contributed by atoms with Crippen LogP contribution in [0.25, 0.3) is 0 Å². The third-order valence-electron chi connectivity index (χ3n) is 2.37. The van der Waals surface area contributed by atoms with Crippen molar-refractivity contribution in [2.75, 3.05) is 0 Å². The second kappa shape index (κ2) is 10.6. The molecule has 0 aliphatic heterocycles. The van der Waals surface area contributed by atoms with E-state index in [1.165, 1.54) is 0 Å². The standard InChI is InChI=1S/2C7H8O3S.Ba/c2*8-11(9,10)6-7-4-2-1-3-5-7;/h2*1-5H,6H2,(H,8,9,10);/q;;+2/p-2. The number of benzene rings is 2. The minimum atomic E-state index is -4.13. The monoisotopic (exact) mass is 480 g/mol. The summed E-state index contributed by atoms with van der Waals surface area (Å²) in [6, 6.07) is 16.7. The largest absolute Gasteiger partial charge is 2.00 e.